The molecule has 0 amide bonds. The first-order valence-corrected chi connectivity index (χ1v) is 4.50. The second kappa shape index (κ2) is 5.64. The molecule has 0 aromatic carbocycles. The fourth-order valence-corrected chi connectivity index (χ4v) is 1.03. The van der Waals surface area contributed by atoms with Gasteiger partial charge >= 0.3 is 0 Å². The summed E-state index contributed by atoms with van der Waals surface area (Å²) in [6.07, 6.45) is 0.986. The van der Waals surface area contributed by atoms with Gasteiger partial charge < -0.3 is 15.5 Å². The highest BCUT2D eigenvalue weighted by Gasteiger charge is 2.01. The van der Waals surface area contributed by atoms with Gasteiger partial charge in [0.1, 0.15) is 5.82 Å². The lowest BCUT2D eigenvalue weighted by atomic mass is 10.3. The van der Waals surface area contributed by atoms with Crippen LogP contribution in [0.5, 0.6) is 0 Å². The maximum atomic E-state index is 9.05. The van der Waals surface area contributed by atoms with E-state index in [4.69, 9.17) is 10.2 Å². The average Bonchev–Trinajstić information content (AvgIpc) is 2.17. The van der Waals surface area contributed by atoms with Gasteiger partial charge in [0.25, 0.3) is 0 Å². The van der Waals surface area contributed by atoms with Gasteiger partial charge in [-0.05, 0) is 13.0 Å². The van der Waals surface area contributed by atoms with Gasteiger partial charge in [-0.25, -0.2) is 9.97 Å². The third-order valence-corrected chi connectivity index (χ3v) is 1.73. The third-order valence-electron chi connectivity index (χ3n) is 1.73. The van der Waals surface area contributed by atoms with E-state index in [1.165, 1.54) is 0 Å². The Morgan fingerprint density at radius 1 is 1.57 bits per heavy atom. The van der Waals surface area contributed by atoms with Crippen LogP contribution in [0.2, 0.25) is 0 Å². The molecule has 3 N–H and O–H groups in total. The highest BCUT2D eigenvalue weighted by atomic mass is 16.3. The predicted molar refractivity (Wildman–Crippen MR) is 51.6 cm³/mol. The number of aromatic nitrogens is 2. The van der Waals surface area contributed by atoms with Gasteiger partial charge in [0.05, 0.1) is 18.4 Å². The van der Waals surface area contributed by atoms with Crippen LogP contribution >= 0.6 is 0 Å². The maximum absolute atomic E-state index is 9.05. The Labute approximate surface area is 82.8 Å². The first-order chi connectivity index (χ1) is 6.72. The Morgan fingerprint density at radius 3 is 3.00 bits per heavy atom. The number of nitrogens with one attached hydrogen (secondary N) is 1. The monoisotopic (exact) mass is 197 g/mol. The van der Waals surface area contributed by atoms with Gasteiger partial charge in [0, 0.05) is 19.3 Å². The number of hydrogen-bond donors (Lipinski definition) is 3. The molecule has 1 aromatic heterocycles. The molecule has 1 unspecified atom stereocenters. The molecule has 1 atom stereocenters. The summed E-state index contributed by atoms with van der Waals surface area (Å²) in [5.74, 6) is 0.729. The van der Waals surface area contributed by atoms with E-state index in [0.29, 0.717) is 13.1 Å². The summed E-state index contributed by atoms with van der Waals surface area (Å²) in [5.41, 5.74) is 0.877. The van der Waals surface area contributed by atoms with E-state index in [1.807, 2.05) is 13.0 Å². The summed E-state index contributed by atoms with van der Waals surface area (Å²) < 4.78 is 0. The lowest BCUT2D eigenvalue weighted by Crippen LogP contribution is -2.29. The number of nitrogens with zero attached hydrogens (tertiary/aromatic N) is 2. The minimum absolute atomic E-state index is 0.226. The van der Waals surface area contributed by atoms with Crippen molar-refractivity contribution in [3.63, 3.8) is 0 Å². The fraction of sp³-hybridized carbons (Fsp3) is 0.556. The van der Waals surface area contributed by atoms with Crippen LogP contribution in [0.1, 0.15) is 11.5 Å². The Kier molecular flexibility index (Phi) is 4.45. The molecule has 0 bridgehead atoms. The van der Waals surface area contributed by atoms with Crippen LogP contribution in [0.25, 0.3) is 0 Å². The van der Waals surface area contributed by atoms with Crippen molar-refractivity contribution in [2.45, 2.75) is 19.6 Å². The van der Waals surface area contributed by atoms with E-state index >= 15 is 0 Å². The zero-order valence-corrected chi connectivity index (χ0v) is 8.14. The third kappa shape index (κ3) is 3.78. The van der Waals surface area contributed by atoms with Crippen molar-refractivity contribution >= 4 is 0 Å². The van der Waals surface area contributed by atoms with Crippen molar-refractivity contribution in [3.8, 4) is 0 Å². The van der Waals surface area contributed by atoms with Crippen LogP contribution in [0, 0.1) is 6.92 Å². The summed E-state index contributed by atoms with van der Waals surface area (Å²) in [5, 5.41) is 20.6. The zero-order chi connectivity index (χ0) is 10.4. The molecule has 0 aliphatic heterocycles. The normalized spacial score (nSPS) is 12.8. The average molecular weight is 197 g/mol. The highest BCUT2D eigenvalue weighted by Crippen LogP contribution is 1.93. The number of aryl methyl sites for hydroxylation is 1. The molecule has 0 aliphatic rings. The quantitative estimate of drug-likeness (QED) is 0.577. The van der Waals surface area contributed by atoms with E-state index in [1.54, 1.807) is 6.20 Å². The zero-order valence-electron chi connectivity index (χ0n) is 8.14. The number of hydrogen-bond acceptors (Lipinski definition) is 5. The van der Waals surface area contributed by atoms with E-state index in [2.05, 4.69) is 15.3 Å². The molecular formula is C9H15N3O2. The van der Waals surface area contributed by atoms with E-state index in [9.17, 15) is 0 Å². The molecule has 14 heavy (non-hydrogen) atoms. The van der Waals surface area contributed by atoms with E-state index in [-0.39, 0.29) is 6.61 Å². The minimum Gasteiger partial charge on any atom is -0.394 e. The second-order valence-corrected chi connectivity index (χ2v) is 3.06. The van der Waals surface area contributed by atoms with Crippen LogP contribution in [-0.4, -0.2) is 39.4 Å². The molecule has 78 valence electrons. The molecule has 0 saturated carbocycles. The van der Waals surface area contributed by atoms with Crippen molar-refractivity contribution in [1.29, 1.82) is 0 Å². The van der Waals surface area contributed by atoms with Gasteiger partial charge in [-0.2, -0.15) is 0 Å². The Balaban J connectivity index is 2.31. The van der Waals surface area contributed by atoms with Gasteiger partial charge in [0.2, 0.25) is 0 Å². The van der Waals surface area contributed by atoms with Crippen molar-refractivity contribution < 1.29 is 10.2 Å². The summed E-state index contributed by atoms with van der Waals surface area (Å²) in [6, 6.07) is 1.81. The van der Waals surface area contributed by atoms with Gasteiger partial charge in [-0.1, -0.05) is 0 Å². The van der Waals surface area contributed by atoms with Crippen molar-refractivity contribution in [1.82, 2.24) is 15.3 Å². The second-order valence-electron chi connectivity index (χ2n) is 3.06. The SMILES string of the molecule is Cc1nccc(CNCC(O)CO)n1. The molecule has 0 spiro atoms. The summed E-state index contributed by atoms with van der Waals surface area (Å²) in [6.45, 7) is 2.53. The molecule has 0 aliphatic carbocycles. The van der Waals surface area contributed by atoms with Crippen molar-refractivity contribution in [3.05, 3.63) is 23.8 Å². The molecule has 0 radical (unpaired) electrons. The molecular weight excluding hydrogens is 182 g/mol. The molecule has 5 nitrogen and oxygen atoms in total. The topological polar surface area (TPSA) is 78.3 Å². The van der Waals surface area contributed by atoms with Crippen LogP contribution in [0.4, 0.5) is 0 Å². The molecule has 1 rings (SSSR count). The van der Waals surface area contributed by atoms with Crippen LogP contribution in [-0.2, 0) is 6.54 Å². The highest BCUT2D eigenvalue weighted by molar-refractivity contribution is 5.00. The standard InChI is InChI=1S/C9H15N3O2/c1-7-11-3-2-8(12-7)4-10-5-9(14)6-13/h2-3,9-10,13-14H,4-6H2,1H3. The van der Waals surface area contributed by atoms with Gasteiger partial charge in [-0.15, -0.1) is 0 Å². The molecule has 0 fully saturated rings. The first kappa shape index (κ1) is 11.0. The summed E-state index contributed by atoms with van der Waals surface area (Å²) in [7, 11) is 0. The fourth-order valence-electron chi connectivity index (χ4n) is 1.03. The molecule has 0 saturated heterocycles. The number of aliphatic hydroxyl groups excluding tert-OH is 2. The molecule has 5 heteroatoms. The summed E-state index contributed by atoms with van der Waals surface area (Å²) in [4.78, 5) is 8.15. The predicted octanol–water partition coefficient (Wildman–Crippen LogP) is -0.772. The Morgan fingerprint density at radius 2 is 2.36 bits per heavy atom. The maximum Gasteiger partial charge on any atom is 0.125 e. The molecule has 1 heterocycles. The lowest BCUT2D eigenvalue weighted by Gasteiger charge is -2.08. The number of rotatable bonds is 5. The largest absolute Gasteiger partial charge is 0.394 e. The van der Waals surface area contributed by atoms with Crippen molar-refractivity contribution in [2.75, 3.05) is 13.2 Å². The number of aliphatic hydroxyl groups is 2. The van der Waals surface area contributed by atoms with E-state index in [0.717, 1.165) is 11.5 Å². The van der Waals surface area contributed by atoms with Crippen LogP contribution < -0.4 is 5.32 Å². The van der Waals surface area contributed by atoms with E-state index < -0.39 is 6.10 Å². The summed E-state index contributed by atoms with van der Waals surface area (Å²) >= 11 is 0. The van der Waals surface area contributed by atoms with Crippen LogP contribution in [0.3, 0.4) is 0 Å². The van der Waals surface area contributed by atoms with Gasteiger partial charge in [-0.3, -0.25) is 0 Å². The van der Waals surface area contributed by atoms with Crippen molar-refractivity contribution in [2.24, 2.45) is 0 Å². The van der Waals surface area contributed by atoms with Gasteiger partial charge in [0.15, 0.2) is 0 Å². The minimum atomic E-state index is -0.710. The smallest absolute Gasteiger partial charge is 0.125 e. The first-order valence-electron chi connectivity index (χ1n) is 4.50. The molecule has 1 aromatic rings. The Bertz CT molecular complexity index is 281. The van der Waals surface area contributed by atoms with Crippen LogP contribution in [0.15, 0.2) is 12.3 Å². The lowest BCUT2D eigenvalue weighted by molar-refractivity contribution is 0.0941. The Hall–Kier alpha value is -1.04.